The molecule has 0 fully saturated rings. The minimum absolute atomic E-state index is 0.191. The largest absolute Gasteiger partial charge is 0.465 e. The Labute approximate surface area is 114 Å². The number of hydrogen-bond donors (Lipinski definition) is 0. The Morgan fingerprint density at radius 1 is 1.37 bits per heavy atom. The predicted octanol–water partition coefficient (Wildman–Crippen LogP) is 4.24. The Morgan fingerprint density at radius 3 is 2.63 bits per heavy atom. The number of esters is 1. The number of rotatable bonds is 5. The molecule has 19 heavy (non-hydrogen) atoms. The van der Waals surface area contributed by atoms with Crippen molar-refractivity contribution in [2.24, 2.45) is 0 Å². The zero-order chi connectivity index (χ0) is 14.5. The molecule has 106 valence electrons. The molecule has 1 rings (SSSR count). The lowest BCUT2D eigenvalue weighted by Crippen LogP contribution is -2.11. The molecule has 0 heterocycles. The molecule has 0 bridgehead atoms. The van der Waals surface area contributed by atoms with Gasteiger partial charge in [-0.05, 0) is 24.1 Å². The minimum atomic E-state index is -4.53. The van der Waals surface area contributed by atoms with Gasteiger partial charge in [0.25, 0.3) is 0 Å². The van der Waals surface area contributed by atoms with E-state index in [1.807, 2.05) is 6.92 Å². The average Bonchev–Trinajstić information content (AvgIpc) is 2.30. The van der Waals surface area contributed by atoms with Crippen molar-refractivity contribution in [3.63, 3.8) is 0 Å². The van der Waals surface area contributed by atoms with E-state index < -0.39 is 17.7 Å². The van der Waals surface area contributed by atoms with E-state index in [1.165, 1.54) is 6.07 Å². The first kappa shape index (κ1) is 15.8. The maximum absolute atomic E-state index is 12.6. The van der Waals surface area contributed by atoms with Crippen LogP contribution in [0.25, 0.3) is 0 Å². The van der Waals surface area contributed by atoms with Gasteiger partial charge in [-0.2, -0.15) is 13.2 Å². The van der Waals surface area contributed by atoms with Gasteiger partial charge in [0.15, 0.2) is 0 Å². The lowest BCUT2D eigenvalue weighted by Gasteiger charge is -2.10. The molecule has 1 aromatic carbocycles. The van der Waals surface area contributed by atoms with Crippen LogP contribution < -0.4 is 0 Å². The first-order valence-corrected chi connectivity index (χ1v) is 6.23. The fraction of sp³-hybridized carbons (Fsp3) is 0.462. The van der Waals surface area contributed by atoms with Gasteiger partial charge in [0, 0.05) is 0 Å². The van der Waals surface area contributed by atoms with E-state index in [0.717, 1.165) is 25.0 Å². The predicted molar refractivity (Wildman–Crippen MR) is 66.0 cm³/mol. The molecule has 0 aromatic heterocycles. The summed E-state index contributed by atoms with van der Waals surface area (Å²) in [4.78, 5) is 11.4. The van der Waals surface area contributed by atoms with Crippen LogP contribution in [0, 0.1) is 0 Å². The van der Waals surface area contributed by atoms with Gasteiger partial charge in [-0.1, -0.05) is 31.0 Å². The fourth-order valence-corrected chi connectivity index (χ4v) is 1.67. The van der Waals surface area contributed by atoms with Crippen molar-refractivity contribution in [2.75, 3.05) is 6.61 Å². The molecule has 0 N–H and O–H groups in total. The van der Waals surface area contributed by atoms with Gasteiger partial charge < -0.3 is 4.74 Å². The molecular formula is C13H14ClF3O2. The van der Waals surface area contributed by atoms with Gasteiger partial charge in [-0.25, -0.2) is 0 Å². The summed E-state index contributed by atoms with van der Waals surface area (Å²) < 4.78 is 42.7. The highest BCUT2D eigenvalue weighted by atomic mass is 35.5. The van der Waals surface area contributed by atoms with Crippen LogP contribution in [0.3, 0.4) is 0 Å². The highest BCUT2D eigenvalue weighted by Crippen LogP contribution is 2.35. The third-order valence-electron chi connectivity index (χ3n) is 2.45. The van der Waals surface area contributed by atoms with Crippen molar-refractivity contribution in [1.82, 2.24) is 0 Å². The smallest absolute Gasteiger partial charge is 0.417 e. The molecule has 0 unspecified atom stereocenters. The monoisotopic (exact) mass is 294 g/mol. The molecule has 0 amide bonds. The van der Waals surface area contributed by atoms with Crippen LogP contribution in [0.2, 0.25) is 5.02 Å². The molecule has 0 aliphatic rings. The number of carbonyl (C=O) groups excluding carboxylic acids is 1. The summed E-state index contributed by atoms with van der Waals surface area (Å²) in [6, 6.07) is 3.40. The topological polar surface area (TPSA) is 26.3 Å². The van der Waals surface area contributed by atoms with E-state index in [-0.39, 0.29) is 23.6 Å². The SMILES string of the molecule is CCCCOC(=O)Cc1ccc(Cl)c(C(F)(F)F)c1. The molecule has 0 saturated carbocycles. The van der Waals surface area contributed by atoms with Crippen molar-refractivity contribution in [1.29, 1.82) is 0 Å². The summed E-state index contributed by atoms with van der Waals surface area (Å²) in [5.41, 5.74) is -0.703. The molecule has 0 atom stereocenters. The standard InChI is InChI=1S/C13H14ClF3O2/c1-2-3-6-19-12(18)8-9-4-5-11(14)10(7-9)13(15,16)17/h4-5,7H,2-3,6,8H2,1H3. The number of carbonyl (C=O) groups is 1. The molecule has 2 nitrogen and oxygen atoms in total. The maximum atomic E-state index is 12.6. The highest BCUT2D eigenvalue weighted by Gasteiger charge is 2.33. The molecular weight excluding hydrogens is 281 g/mol. The normalized spacial score (nSPS) is 11.4. The summed E-state index contributed by atoms with van der Waals surface area (Å²) in [5.74, 6) is -0.538. The second-order valence-electron chi connectivity index (χ2n) is 4.06. The summed E-state index contributed by atoms with van der Waals surface area (Å²) in [6.45, 7) is 2.23. The van der Waals surface area contributed by atoms with Gasteiger partial charge in [0.2, 0.25) is 0 Å². The molecule has 1 aromatic rings. The van der Waals surface area contributed by atoms with Crippen molar-refractivity contribution in [3.05, 3.63) is 34.3 Å². The Kier molecular flexibility index (Phi) is 5.66. The third-order valence-corrected chi connectivity index (χ3v) is 2.78. The van der Waals surface area contributed by atoms with Crippen LogP contribution in [0.4, 0.5) is 13.2 Å². The first-order valence-electron chi connectivity index (χ1n) is 5.86. The van der Waals surface area contributed by atoms with Gasteiger partial charge in [-0.15, -0.1) is 0 Å². The van der Waals surface area contributed by atoms with Gasteiger partial charge >= 0.3 is 12.1 Å². The Morgan fingerprint density at radius 2 is 2.05 bits per heavy atom. The zero-order valence-electron chi connectivity index (χ0n) is 10.4. The molecule has 0 aliphatic carbocycles. The number of halogens is 4. The molecule has 0 aliphatic heterocycles. The van der Waals surface area contributed by atoms with Gasteiger partial charge in [0.05, 0.1) is 23.6 Å². The lowest BCUT2D eigenvalue weighted by molar-refractivity contribution is -0.143. The van der Waals surface area contributed by atoms with E-state index >= 15 is 0 Å². The van der Waals surface area contributed by atoms with Gasteiger partial charge in [0.1, 0.15) is 0 Å². The number of ether oxygens (including phenoxy) is 1. The molecule has 0 radical (unpaired) electrons. The van der Waals surface area contributed by atoms with Crippen LogP contribution >= 0.6 is 11.6 Å². The van der Waals surface area contributed by atoms with E-state index in [1.54, 1.807) is 0 Å². The number of unbranched alkanes of at least 4 members (excludes halogenated alkanes) is 1. The van der Waals surface area contributed by atoms with Crippen LogP contribution in [0.5, 0.6) is 0 Å². The average molecular weight is 295 g/mol. The molecule has 6 heteroatoms. The zero-order valence-corrected chi connectivity index (χ0v) is 11.1. The van der Waals surface area contributed by atoms with Gasteiger partial charge in [-0.3, -0.25) is 4.79 Å². The second-order valence-corrected chi connectivity index (χ2v) is 4.47. The van der Waals surface area contributed by atoms with Crippen molar-refractivity contribution >= 4 is 17.6 Å². The Balaban J connectivity index is 2.72. The molecule has 0 spiro atoms. The Bertz CT molecular complexity index is 444. The maximum Gasteiger partial charge on any atom is 0.417 e. The second kappa shape index (κ2) is 6.80. The fourth-order valence-electron chi connectivity index (χ4n) is 1.45. The quantitative estimate of drug-likeness (QED) is 0.599. The first-order chi connectivity index (χ1) is 8.84. The van der Waals surface area contributed by atoms with E-state index in [9.17, 15) is 18.0 Å². The highest BCUT2D eigenvalue weighted by molar-refractivity contribution is 6.31. The summed E-state index contributed by atoms with van der Waals surface area (Å²) in [7, 11) is 0. The third kappa shape index (κ3) is 5.11. The van der Waals surface area contributed by atoms with Crippen LogP contribution in [-0.4, -0.2) is 12.6 Å². The lowest BCUT2D eigenvalue weighted by atomic mass is 10.1. The summed E-state index contributed by atoms with van der Waals surface area (Å²) >= 11 is 5.48. The van der Waals surface area contributed by atoms with Crippen LogP contribution in [0.15, 0.2) is 18.2 Å². The number of hydrogen-bond acceptors (Lipinski definition) is 2. The van der Waals surface area contributed by atoms with E-state index in [4.69, 9.17) is 16.3 Å². The van der Waals surface area contributed by atoms with Crippen LogP contribution in [-0.2, 0) is 22.1 Å². The summed E-state index contributed by atoms with van der Waals surface area (Å²) in [6.07, 6.45) is -3.10. The van der Waals surface area contributed by atoms with Crippen LogP contribution in [0.1, 0.15) is 30.9 Å². The van der Waals surface area contributed by atoms with E-state index in [2.05, 4.69) is 0 Å². The van der Waals surface area contributed by atoms with Crippen molar-refractivity contribution in [2.45, 2.75) is 32.4 Å². The minimum Gasteiger partial charge on any atom is -0.465 e. The van der Waals surface area contributed by atoms with Crippen molar-refractivity contribution < 1.29 is 22.7 Å². The summed E-state index contributed by atoms with van der Waals surface area (Å²) in [5, 5.41) is -0.379. The number of benzene rings is 1. The molecule has 0 saturated heterocycles. The number of alkyl halides is 3. The van der Waals surface area contributed by atoms with Crippen molar-refractivity contribution in [3.8, 4) is 0 Å². The Hall–Kier alpha value is -1.23. The van der Waals surface area contributed by atoms with E-state index in [0.29, 0.717) is 0 Å².